The van der Waals surface area contributed by atoms with Crippen molar-refractivity contribution >= 4 is 11.3 Å². The van der Waals surface area contributed by atoms with E-state index in [1.54, 1.807) is 0 Å². The summed E-state index contributed by atoms with van der Waals surface area (Å²) in [4.78, 5) is 8.31. The topological polar surface area (TPSA) is 42.2 Å². The number of nitrogens with zero attached hydrogens (tertiary/aromatic N) is 2. The molecule has 0 amide bonds. The van der Waals surface area contributed by atoms with Crippen molar-refractivity contribution in [3.8, 4) is 0 Å². The highest BCUT2D eigenvalue weighted by molar-refractivity contribution is 7.11. The van der Waals surface area contributed by atoms with E-state index in [1.165, 1.54) is 35.0 Å². The summed E-state index contributed by atoms with van der Waals surface area (Å²) in [5, 5.41) is 1.17. The van der Waals surface area contributed by atoms with Crippen LogP contribution in [0.3, 0.4) is 0 Å². The Morgan fingerprint density at radius 1 is 1.53 bits per heavy atom. The van der Waals surface area contributed by atoms with Gasteiger partial charge in [-0.2, -0.15) is 0 Å². The van der Waals surface area contributed by atoms with Crippen LogP contribution >= 0.6 is 11.3 Å². The fraction of sp³-hybridized carbons (Fsp3) is 0.727. The summed E-state index contributed by atoms with van der Waals surface area (Å²) < 4.78 is 0. The van der Waals surface area contributed by atoms with Gasteiger partial charge in [0.2, 0.25) is 0 Å². The first kappa shape index (κ1) is 11.0. The highest BCUT2D eigenvalue weighted by Crippen LogP contribution is 2.20. The molecule has 1 aliphatic rings. The summed E-state index contributed by atoms with van der Waals surface area (Å²) in [6.07, 6.45) is 2.41. The van der Waals surface area contributed by atoms with E-state index in [0.29, 0.717) is 6.04 Å². The molecule has 2 heterocycles. The maximum atomic E-state index is 5.97. The molecular weight excluding hydrogens is 206 g/mol. The minimum absolute atomic E-state index is 0.369. The Balaban J connectivity index is 1.99. The van der Waals surface area contributed by atoms with Gasteiger partial charge in [-0.05, 0) is 33.2 Å². The number of rotatable bonds is 2. The zero-order chi connectivity index (χ0) is 10.8. The zero-order valence-electron chi connectivity index (χ0n) is 9.49. The molecule has 2 N–H and O–H groups in total. The van der Waals surface area contributed by atoms with Crippen LogP contribution in [-0.2, 0) is 6.54 Å². The monoisotopic (exact) mass is 225 g/mol. The molecule has 1 aromatic heterocycles. The average Bonchev–Trinajstić information content (AvgIpc) is 2.45. The third kappa shape index (κ3) is 2.77. The molecule has 1 saturated heterocycles. The lowest BCUT2D eigenvalue weighted by atomic mass is 10.1. The van der Waals surface area contributed by atoms with Crippen molar-refractivity contribution in [2.45, 2.75) is 39.3 Å². The quantitative estimate of drug-likeness (QED) is 0.832. The van der Waals surface area contributed by atoms with Crippen LogP contribution < -0.4 is 5.73 Å². The average molecular weight is 225 g/mol. The Hall–Kier alpha value is -0.450. The zero-order valence-corrected chi connectivity index (χ0v) is 10.3. The summed E-state index contributed by atoms with van der Waals surface area (Å²) in [7, 11) is 0. The predicted molar refractivity (Wildman–Crippen MR) is 64.1 cm³/mol. The molecule has 1 aliphatic heterocycles. The van der Waals surface area contributed by atoms with Crippen LogP contribution in [0, 0.1) is 13.8 Å². The molecule has 0 aromatic carbocycles. The summed E-state index contributed by atoms with van der Waals surface area (Å²) in [5.41, 5.74) is 7.16. The summed E-state index contributed by atoms with van der Waals surface area (Å²) in [6, 6.07) is 0.369. The van der Waals surface area contributed by atoms with Crippen molar-refractivity contribution in [2.75, 3.05) is 13.1 Å². The van der Waals surface area contributed by atoms with E-state index in [4.69, 9.17) is 5.73 Å². The summed E-state index contributed by atoms with van der Waals surface area (Å²) >= 11 is 1.82. The number of thiazole rings is 1. The van der Waals surface area contributed by atoms with Gasteiger partial charge in [-0.15, -0.1) is 11.3 Å². The lowest BCUT2D eigenvalue weighted by Gasteiger charge is -2.30. The van der Waals surface area contributed by atoms with Gasteiger partial charge in [0.15, 0.2) is 0 Å². The number of aromatic nitrogens is 1. The second kappa shape index (κ2) is 4.60. The smallest absolute Gasteiger partial charge is 0.0900 e. The Labute approximate surface area is 95.3 Å². The largest absolute Gasteiger partial charge is 0.327 e. The lowest BCUT2D eigenvalue weighted by Crippen LogP contribution is -2.42. The van der Waals surface area contributed by atoms with Crippen molar-refractivity contribution < 1.29 is 0 Å². The van der Waals surface area contributed by atoms with Crippen LogP contribution in [0.2, 0.25) is 0 Å². The Kier molecular flexibility index (Phi) is 3.38. The van der Waals surface area contributed by atoms with Crippen molar-refractivity contribution in [3.63, 3.8) is 0 Å². The molecule has 0 radical (unpaired) electrons. The third-order valence-corrected chi connectivity index (χ3v) is 3.97. The highest BCUT2D eigenvalue weighted by Gasteiger charge is 2.18. The molecule has 0 bridgehead atoms. The Morgan fingerprint density at radius 2 is 2.33 bits per heavy atom. The SMILES string of the molecule is Cc1nc(C)c(CN2CCC[C@@H](N)C2)s1. The first-order chi connectivity index (χ1) is 7.15. The van der Waals surface area contributed by atoms with Crippen molar-refractivity contribution in [1.82, 2.24) is 9.88 Å². The molecule has 0 spiro atoms. The molecule has 1 fully saturated rings. The van der Waals surface area contributed by atoms with E-state index < -0.39 is 0 Å². The molecule has 4 heteroatoms. The van der Waals surface area contributed by atoms with Crippen molar-refractivity contribution in [1.29, 1.82) is 0 Å². The highest BCUT2D eigenvalue weighted by atomic mass is 32.1. The molecule has 0 unspecified atom stereocenters. The van der Waals surface area contributed by atoms with E-state index in [1.807, 2.05) is 11.3 Å². The number of nitrogens with two attached hydrogens (primary N) is 1. The second-order valence-electron chi connectivity index (χ2n) is 4.38. The standard InChI is InChI=1S/C11H19N3S/c1-8-11(15-9(2)13-8)7-14-5-3-4-10(12)6-14/h10H,3-7,12H2,1-2H3/t10-/m1/s1. The molecule has 2 rings (SSSR count). The third-order valence-electron chi connectivity index (χ3n) is 2.91. The van der Waals surface area contributed by atoms with E-state index >= 15 is 0 Å². The summed E-state index contributed by atoms with van der Waals surface area (Å²) in [5.74, 6) is 0. The fourth-order valence-corrected chi connectivity index (χ4v) is 3.14. The number of hydrogen-bond donors (Lipinski definition) is 1. The van der Waals surface area contributed by atoms with Gasteiger partial charge < -0.3 is 5.73 Å². The fourth-order valence-electron chi connectivity index (χ4n) is 2.16. The lowest BCUT2D eigenvalue weighted by molar-refractivity contribution is 0.202. The van der Waals surface area contributed by atoms with Crippen LogP contribution in [-0.4, -0.2) is 29.0 Å². The van der Waals surface area contributed by atoms with Gasteiger partial charge in [-0.3, -0.25) is 4.90 Å². The minimum Gasteiger partial charge on any atom is -0.327 e. The van der Waals surface area contributed by atoms with Crippen LogP contribution in [0.5, 0.6) is 0 Å². The van der Waals surface area contributed by atoms with Crippen LogP contribution in [0.15, 0.2) is 0 Å². The van der Waals surface area contributed by atoms with Gasteiger partial charge >= 0.3 is 0 Å². The maximum absolute atomic E-state index is 5.97. The van der Waals surface area contributed by atoms with E-state index in [9.17, 15) is 0 Å². The first-order valence-electron chi connectivity index (χ1n) is 5.56. The van der Waals surface area contributed by atoms with E-state index in [0.717, 1.165) is 13.1 Å². The number of likely N-dealkylation sites (tertiary alicyclic amines) is 1. The molecule has 3 nitrogen and oxygen atoms in total. The molecular formula is C11H19N3S. The predicted octanol–water partition coefficient (Wildman–Crippen LogP) is 1.68. The Bertz CT molecular complexity index is 335. The van der Waals surface area contributed by atoms with Gasteiger partial charge in [0, 0.05) is 24.0 Å². The normalized spacial score (nSPS) is 23.3. The van der Waals surface area contributed by atoms with Gasteiger partial charge in [-0.1, -0.05) is 0 Å². The van der Waals surface area contributed by atoms with Crippen molar-refractivity contribution in [3.05, 3.63) is 15.6 Å². The van der Waals surface area contributed by atoms with Crippen molar-refractivity contribution in [2.24, 2.45) is 5.73 Å². The number of hydrogen-bond acceptors (Lipinski definition) is 4. The van der Waals surface area contributed by atoms with Crippen LogP contribution in [0.1, 0.15) is 28.4 Å². The van der Waals surface area contributed by atoms with Gasteiger partial charge in [0.1, 0.15) is 0 Å². The number of piperidine rings is 1. The maximum Gasteiger partial charge on any atom is 0.0900 e. The van der Waals surface area contributed by atoms with Gasteiger partial charge in [-0.25, -0.2) is 4.98 Å². The molecule has 0 aliphatic carbocycles. The van der Waals surface area contributed by atoms with Gasteiger partial charge in [0.25, 0.3) is 0 Å². The summed E-state index contributed by atoms with van der Waals surface area (Å²) in [6.45, 7) is 7.43. The van der Waals surface area contributed by atoms with E-state index in [2.05, 4.69) is 23.7 Å². The van der Waals surface area contributed by atoms with E-state index in [-0.39, 0.29) is 0 Å². The second-order valence-corrected chi connectivity index (χ2v) is 5.67. The molecule has 1 aromatic rings. The van der Waals surface area contributed by atoms with Crippen LogP contribution in [0.4, 0.5) is 0 Å². The number of aryl methyl sites for hydroxylation is 2. The molecule has 84 valence electrons. The Morgan fingerprint density at radius 3 is 2.93 bits per heavy atom. The minimum atomic E-state index is 0.369. The molecule has 15 heavy (non-hydrogen) atoms. The molecule has 1 atom stereocenters. The van der Waals surface area contributed by atoms with Gasteiger partial charge in [0.05, 0.1) is 10.7 Å². The first-order valence-corrected chi connectivity index (χ1v) is 6.37. The molecule has 0 saturated carbocycles. The van der Waals surface area contributed by atoms with Crippen LogP contribution in [0.25, 0.3) is 0 Å².